The van der Waals surface area contributed by atoms with Crippen LogP contribution in [0.25, 0.3) is 0 Å². The molecule has 0 radical (unpaired) electrons. The molecule has 1 aromatic carbocycles. The first-order valence-electron chi connectivity index (χ1n) is 6.04. The molecule has 1 heterocycles. The maximum absolute atomic E-state index is 6.28. The molecule has 1 atom stereocenters. The lowest BCUT2D eigenvalue weighted by atomic mass is 10.1. The Morgan fingerprint density at radius 3 is 2.44 bits per heavy atom. The molecule has 0 aliphatic carbocycles. The Hall–Kier alpha value is -1.39. The fourth-order valence-electron chi connectivity index (χ4n) is 1.93. The maximum atomic E-state index is 6.28. The van der Waals surface area contributed by atoms with E-state index in [1.54, 1.807) is 11.3 Å². The van der Waals surface area contributed by atoms with Crippen molar-refractivity contribution < 1.29 is 4.74 Å². The summed E-state index contributed by atoms with van der Waals surface area (Å²) in [6.07, 6.45) is 0. The summed E-state index contributed by atoms with van der Waals surface area (Å²) in [6.45, 7) is 6.67. The Labute approximate surface area is 112 Å². The van der Waals surface area contributed by atoms with Crippen LogP contribution < -0.4 is 10.5 Å². The van der Waals surface area contributed by atoms with Gasteiger partial charge in [0, 0.05) is 4.88 Å². The van der Waals surface area contributed by atoms with E-state index in [1.807, 2.05) is 45.0 Å². The van der Waals surface area contributed by atoms with Crippen molar-refractivity contribution in [3.63, 3.8) is 0 Å². The Balaban J connectivity index is 2.23. The van der Waals surface area contributed by atoms with Gasteiger partial charge in [-0.2, -0.15) is 0 Å². The predicted octanol–water partition coefficient (Wildman–Crippen LogP) is 3.21. The van der Waals surface area contributed by atoms with Crippen LogP contribution in [-0.4, -0.2) is 11.6 Å². The lowest BCUT2D eigenvalue weighted by Gasteiger charge is -2.11. The van der Waals surface area contributed by atoms with E-state index in [0.29, 0.717) is 6.61 Å². The van der Waals surface area contributed by atoms with Gasteiger partial charge in [-0.25, -0.2) is 4.98 Å². The van der Waals surface area contributed by atoms with Crippen molar-refractivity contribution in [2.75, 3.05) is 6.61 Å². The summed E-state index contributed by atoms with van der Waals surface area (Å²) in [4.78, 5) is 5.55. The third kappa shape index (κ3) is 2.71. The third-order valence-corrected chi connectivity index (χ3v) is 3.93. The number of hydrogen-bond acceptors (Lipinski definition) is 4. The van der Waals surface area contributed by atoms with Crippen LogP contribution in [-0.2, 0) is 0 Å². The second-order valence-electron chi connectivity index (χ2n) is 4.16. The molecule has 1 aromatic heterocycles. The van der Waals surface area contributed by atoms with E-state index in [9.17, 15) is 0 Å². The number of thiazole rings is 1. The zero-order valence-electron chi connectivity index (χ0n) is 10.9. The first kappa shape index (κ1) is 13.1. The largest absolute Gasteiger partial charge is 0.494 e. The highest BCUT2D eigenvalue weighted by Gasteiger charge is 2.15. The van der Waals surface area contributed by atoms with E-state index >= 15 is 0 Å². The highest BCUT2D eigenvalue weighted by molar-refractivity contribution is 7.11. The molecule has 0 aliphatic rings. The number of rotatable bonds is 4. The number of benzene rings is 1. The van der Waals surface area contributed by atoms with E-state index in [1.165, 1.54) is 0 Å². The van der Waals surface area contributed by atoms with Gasteiger partial charge in [-0.15, -0.1) is 11.3 Å². The molecule has 96 valence electrons. The van der Waals surface area contributed by atoms with Crippen molar-refractivity contribution in [2.45, 2.75) is 26.8 Å². The van der Waals surface area contributed by atoms with Gasteiger partial charge in [-0.3, -0.25) is 0 Å². The van der Waals surface area contributed by atoms with E-state index in [0.717, 1.165) is 26.9 Å². The van der Waals surface area contributed by atoms with Crippen molar-refractivity contribution in [1.82, 2.24) is 4.98 Å². The normalized spacial score (nSPS) is 12.4. The zero-order chi connectivity index (χ0) is 13.1. The number of aryl methyl sites for hydroxylation is 2. The molecule has 2 N–H and O–H groups in total. The molecular formula is C14H18N2OS. The molecule has 1 unspecified atom stereocenters. The second kappa shape index (κ2) is 5.50. The average Bonchev–Trinajstić information content (AvgIpc) is 2.69. The first-order chi connectivity index (χ1) is 8.61. The van der Waals surface area contributed by atoms with Gasteiger partial charge in [-0.1, -0.05) is 12.1 Å². The molecule has 18 heavy (non-hydrogen) atoms. The SMILES string of the molecule is CCOc1ccc(C(N)c2sc(C)nc2C)cc1. The highest BCUT2D eigenvalue weighted by Crippen LogP contribution is 2.28. The van der Waals surface area contributed by atoms with Gasteiger partial charge >= 0.3 is 0 Å². The van der Waals surface area contributed by atoms with Gasteiger partial charge in [0.15, 0.2) is 0 Å². The van der Waals surface area contributed by atoms with Crippen LogP contribution in [0, 0.1) is 13.8 Å². The maximum Gasteiger partial charge on any atom is 0.119 e. The minimum Gasteiger partial charge on any atom is -0.494 e. The summed E-state index contributed by atoms with van der Waals surface area (Å²) in [6, 6.07) is 7.85. The summed E-state index contributed by atoms with van der Waals surface area (Å²) in [7, 11) is 0. The van der Waals surface area contributed by atoms with Crippen molar-refractivity contribution >= 4 is 11.3 Å². The standard InChI is InChI=1S/C14H18N2OS/c1-4-17-12-7-5-11(6-8-12)13(15)14-9(2)16-10(3)18-14/h5-8,13H,4,15H2,1-3H3. The van der Waals surface area contributed by atoms with E-state index in [2.05, 4.69) is 4.98 Å². The van der Waals surface area contributed by atoms with Crippen LogP contribution in [0.3, 0.4) is 0 Å². The van der Waals surface area contributed by atoms with Crippen LogP contribution in [0.4, 0.5) is 0 Å². The fraction of sp³-hybridized carbons (Fsp3) is 0.357. The van der Waals surface area contributed by atoms with Gasteiger partial charge in [0.2, 0.25) is 0 Å². The van der Waals surface area contributed by atoms with Crippen molar-refractivity contribution in [1.29, 1.82) is 0 Å². The summed E-state index contributed by atoms with van der Waals surface area (Å²) < 4.78 is 5.42. The molecule has 4 heteroatoms. The van der Waals surface area contributed by atoms with Crippen LogP contribution in [0.15, 0.2) is 24.3 Å². The minimum atomic E-state index is -0.105. The van der Waals surface area contributed by atoms with Crippen molar-refractivity contribution in [3.8, 4) is 5.75 Å². The quantitative estimate of drug-likeness (QED) is 0.920. The fourth-order valence-corrected chi connectivity index (χ4v) is 2.88. The lowest BCUT2D eigenvalue weighted by Crippen LogP contribution is -2.11. The number of nitrogens with two attached hydrogens (primary N) is 1. The first-order valence-corrected chi connectivity index (χ1v) is 6.85. The molecule has 3 nitrogen and oxygen atoms in total. The Kier molecular flexibility index (Phi) is 3.99. The summed E-state index contributed by atoms with van der Waals surface area (Å²) in [5.74, 6) is 0.880. The molecule has 0 amide bonds. The molecule has 2 aromatic rings. The number of ether oxygens (including phenoxy) is 1. The number of hydrogen-bond donors (Lipinski definition) is 1. The topological polar surface area (TPSA) is 48.1 Å². The second-order valence-corrected chi connectivity index (χ2v) is 5.40. The van der Waals surface area contributed by atoms with E-state index < -0.39 is 0 Å². The van der Waals surface area contributed by atoms with Gasteiger partial charge in [0.05, 0.1) is 23.4 Å². The number of nitrogens with zero attached hydrogens (tertiary/aromatic N) is 1. The molecule has 0 bridgehead atoms. The van der Waals surface area contributed by atoms with Crippen LogP contribution >= 0.6 is 11.3 Å². The Bertz CT molecular complexity index is 519. The monoisotopic (exact) mass is 262 g/mol. The Morgan fingerprint density at radius 2 is 1.94 bits per heavy atom. The third-order valence-electron chi connectivity index (χ3n) is 2.77. The molecule has 0 aliphatic heterocycles. The lowest BCUT2D eigenvalue weighted by molar-refractivity contribution is 0.340. The van der Waals surface area contributed by atoms with Crippen LogP contribution in [0.1, 0.15) is 34.1 Å². The van der Waals surface area contributed by atoms with E-state index in [4.69, 9.17) is 10.5 Å². The van der Waals surface area contributed by atoms with Crippen molar-refractivity contribution in [2.24, 2.45) is 5.73 Å². The summed E-state index contributed by atoms with van der Waals surface area (Å²) in [5.41, 5.74) is 8.40. The van der Waals surface area contributed by atoms with Gasteiger partial charge < -0.3 is 10.5 Å². The highest BCUT2D eigenvalue weighted by atomic mass is 32.1. The van der Waals surface area contributed by atoms with Gasteiger partial charge in [0.1, 0.15) is 5.75 Å². The summed E-state index contributed by atoms with van der Waals surface area (Å²) in [5, 5.41) is 1.06. The predicted molar refractivity (Wildman–Crippen MR) is 75.2 cm³/mol. The molecular weight excluding hydrogens is 244 g/mol. The summed E-state index contributed by atoms with van der Waals surface area (Å²) >= 11 is 1.66. The molecule has 0 saturated heterocycles. The molecule has 0 fully saturated rings. The van der Waals surface area contributed by atoms with Crippen LogP contribution in [0.2, 0.25) is 0 Å². The van der Waals surface area contributed by atoms with Crippen LogP contribution in [0.5, 0.6) is 5.75 Å². The molecule has 2 rings (SSSR count). The van der Waals surface area contributed by atoms with Gasteiger partial charge in [0.25, 0.3) is 0 Å². The average molecular weight is 262 g/mol. The van der Waals surface area contributed by atoms with Crippen molar-refractivity contribution in [3.05, 3.63) is 45.4 Å². The van der Waals surface area contributed by atoms with E-state index in [-0.39, 0.29) is 6.04 Å². The smallest absolute Gasteiger partial charge is 0.119 e. The minimum absolute atomic E-state index is 0.105. The molecule has 0 spiro atoms. The Morgan fingerprint density at radius 1 is 1.28 bits per heavy atom. The molecule has 0 saturated carbocycles. The van der Waals surface area contributed by atoms with Gasteiger partial charge in [-0.05, 0) is 38.5 Å². The number of aromatic nitrogens is 1. The zero-order valence-corrected chi connectivity index (χ0v) is 11.8.